The van der Waals surface area contributed by atoms with Crippen molar-refractivity contribution in [3.05, 3.63) is 29.8 Å². The average molecular weight is 303 g/mol. The minimum atomic E-state index is -3.83. The average Bonchev–Trinajstić information content (AvgIpc) is 2.35. The van der Waals surface area contributed by atoms with E-state index in [0.29, 0.717) is 5.56 Å². The third kappa shape index (κ3) is 4.29. The summed E-state index contributed by atoms with van der Waals surface area (Å²) in [7, 11) is -7.58. The van der Waals surface area contributed by atoms with E-state index in [9.17, 15) is 16.8 Å². The summed E-state index contributed by atoms with van der Waals surface area (Å²) in [5.41, 5.74) is 0.431. The monoisotopic (exact) mass is 303 g/mol. The van der Waals surface area contributed by atoms with E-state index in [4.69, 9.17) is 10.4 Å². The molecular formula is C10H13N3O4S2. The molecule has 1 atom stereocenters. The van der Waals surface area contributed by atoms with Gasteiger partial charge in [0.25, 0.3) is 0 Å². The number of sulfonamides is 2. The van der Waals surface area contributed by atoms with Gasteiger partial charge in [0.2, 0.25) is 20.0 Å². The Balaban J connectivity index is 2.89. The van der Waals surface area contributed by atoms with Crippen molar-refractivity contribution in [1.29, 1.82) is 5.26 Å². The lowest BCUT2D eigenvalue weighted by Crippen LogP contribution is -2.31. The van der Waals surface area contributed by atoms with E-state index in [1.807, 2.05) is 0 Å². The van der Waals surface area contributed by atoms with Crippen LogP contribution in [0.1, 0.15) is 12.5 Å². The first-order chi connectivity index (χ1) is 8.66. The van der Waals surface area contributed by atoms with Crippen molar-refractivity contribution < 1.29 is 16.8 Å². The number of nitrogens with one attached hydrogen (secondary N) is 1. The fraction of sp³-hybridized carbons (Fsp3) is 0.300. The number of hydrogen-bond acceptors (Lipinski definition) is 5. The molecule has 0 aliphatic rings. The molecule has 1 unspecified atom stereocenters. The van der Waals surface area contributed by atoms with Crippen LogP contribution in [0.25, 0.3) is 0 Å². The van der Waals surface area contributed by atoms with Gasteiger partial charge in [0.1, 0.15) is 0 Å². The van der Waals surface area contributed by atoms with Gasteiger partial charge in [0.15, 0.2) is 5.25 Å². The van der Waals surface area contributed by atoms with Gasteiger partial charge in [-0.1, -0.05) is 12.1 Å². The zero-order valence-electron chi connectivity index (χ0n) is 10.1. The largest absolute Gasteiger partial charge is 0.238 e. The highest BCUT2D eigenvalue weighted by Gasteiger charge is 2.19. The second kappa shape index (κ2) is 5.66. The first kappa shape index (κ1) is 15.6. The molecule has 1 aromatic rings. The van der Waals surface area contributed by atoms with Gasteiger partial charge in [-0.15, -0.1) is 0 Å². The summed E-state index contributed by atoms with van der Waals surface area (Å²) in [4.78, 5) is -0.0995. The maximum absolute atomic E-state index is 11.5. The van der Waals surface area contributed by atoms with Crippen LogP contribution in [-0.2, 0) is 26.6 Å². The predicted octanol–water partition coefficient (Wildman–Crippen LogP) is -0.335. The molecule has 7 nitrogen and oxygen atoms in total. The van der Waals surface area contributed by atoms with Crippen LogP contribution in [0.15, 0.2) is 29.2 Å². The molecule has 104 valence electrons. The Hall–Kier alpha value is -1.47. The lowest BCUT2D eigenvalue weighted by molar-refractivity contribution is 0.577. The molecule has 1 rings (SSSR count). The maximum atomic E-state index is 11.5. The zero-order valence-corrected chi connectivity index (χ0v) is 11.7. The summed E-state index contributed by atoms with van der Waals surface area (Å²) in [5, 5.41) is 12.3. The Morgan fingerprint density at radius 2 is 2.00 bits per heavy atom. The molecule has 0 heterocycles. The molecular weight excluding hydrogens is 290 g/mol. The van der Waals surface area contributed by atoms with E-state index in [-0.39, 0.29) is 11.4 Å². The number of rotatable bonds is 5. The second-order valence-corrected chi connectivity index (χ2v) is 7.48. The highest BCUT2D eigenvalue weighted by atomic mass is 32.2. The molecule has 3 N–H and O–H groups in total. The minimum absolute atomic E-state index is 0.0995. The number of nitrogens with two attached hydrogens (primary N) is 1. The third-order valence-corrected chi connectivity index (χ3v) is 4.85. The molecule has 0 spiro atoms. The quantitative estimate of drug-likeness (QED) is 0.768. The zero-order chi connectivity index (χ0) is 14.7. The second-order valence-electron chi connectivity index (χ2n) is 3.83. The molecule has 0 bridgehead atoms. The number of hydrogen-bond donors (Lipinski definition) is 2. The fourth-order valence-corrected chi connectivity index (χ4v) is 2.55. The van der Waals surface area contributed by atoms with Crippen molar-refractivity contribution in [3.63, 3.8) is 0 Å². The van der Waals surface area contributed by atoms with Crippen LogP contribution in [0.5, 0.6) is 0 Å². The van der Waals surface area contributed by atoms with Crippen LogP contribution in [0.3, 0.4) is 0 Å². The summed E-state index contributed by atoms with van der Waals surface area (Å²) in [6.45, 7) is 1.14. The van der Waals surface area contributed by atoms with Crippen molar-refractivity contribution in [2.75, 3.05) is 0 Å². The molecule has 0 aliphatic heterocycles. The lowest BCUT2D eigenvalue weighted by atomic mass is 10.2. The van der Waals surface area contributed by atoms with Crippen LogP contribution < -0.4 is 9.86 Å². The SMILES string of the molecule is CC(C#N)S(=O)(=O)NCc1cccc(S(N)(=O)=O)c1. The standard InChI is InChI=1S/C10H13N3O4S2/c1-8(6-11)19(16,17)13-7-9-3-2-4-10(5-9)18(12,14)15/h2-5,8,13H,7H2,1H3,(H2,12,14,15). The van der Waals surface area contributed by atoms with Crippen LogP contribution in [0.2, 0.25) is 0 Å². The number of nitriles is 1. The highest BCUT2D eigenvalue weighted by Crippen LogP contribution is 2.10. The summed E-state index contributed by atoms with van der Waals surface area (Å²) in [5.74, 6) is 0. The van der Waals surface area contributed by atoms with E-state index >= 15 is 0 Å². The van der Waals surface area contributed by atoms with Gasteiger partial charge >= 0.3 is 0 Å². The Morgan fingerprint density at radius 3 is 2.53 bits per heavy atom. The van der Waals surface area contributed by atoms with Crippen molar-refractivity contribution in [2.45, 2.75) is 23.6 Å². The van der Waals surface area contributed by atoms with Crippen LogP contribution >= 0.6 is 0 Å². The Labute approximate surface area is 112 Å². The van der Waals surface area contributed by atoms with Gasteiger partial charge in [-0.25, -0.2) is 26.7 Å². The summed E-state index contributed by atoms with van der Waals surface area (Å²) >= 11 is 0. The molecule has 0 radical (unpaired) electrons. The molecule has 0 saturated carbocycles. The van der Waals surface area contributed by atoms with Crippen LogP contribution in [0, 0.1) is 11.3 Å². The molecule has 9 heteroatoms. The smallest absolute Gasteiger partial charge is 0.225 e. The van der Waals surface area contributed by atoms with E-state index in [2.05, 4.69) is 4.72 Å². The molecule has 1 aromatic carbocycles. The Kier molecular flexibility index (Phi) is 4.65. The fourth-order valence-electron chi connectivity index (χ4n) is 1.21. The van der Waals surface area contributed by atoms with Gasteiger partial charge in [-0.05, 0) is 24.6 Å². The topological polar surface area (TPSA) is 130 Å². The first-order valence-corrected chi connectivity index (χ1v) is 8.26. The van der Waals surface area contributed by atoms with Crippen molar-refractivity contribution in [3.8, 4) is 6.07 Å². The molecule has 0 amide bonds. The lowest BCUT2D eigenvalue weighted by Gasteiger charge is -2.08. The summed E-state index contributed by atoms with van der Waals surface area (Å²) < 4.78 is 47.6. The molecule has 0 aliphatic carbocycles. The third-order valence-electron chi connectivity index (χ3n) is 2.35. The van der Waals surface area contributed by atoms with Crippen molar-refractivity contribution in [1.82, 2.24) is 4.72 Å². The number of primary sulfonamides is 1. The van der Waals surface area contributed by atoms with Crippen LogP contribution in [-0.4, -0.2) is 22.1 Å². The van der Waals surface area contributed by atoms with E-state index in [1.165, 1.54) is 25.1 Å². The minimum Gasteiger partial charge on any atom is -0.225 e. The molecule has 0 fully saturated rings. The van der Waals surface area contributed by atoms with E-state index in [1.54, 1.807) is 12.1 Å². The van der Waals surface area contributed by atoms with E-state index in [0.717, 1.165) is 0 Å². The molecule has 0 aromatic heterocycles. The Morgan fingerprint density at radius 1 is 1.37 bits per heavy atom. The normalized spacial score (nSPS) is 13.7. The molecule has 19 heavy (non-hydrogen) atoms. The molecule has 0 saturated heterocycles. The first-order valence-electron chi connectivity index (χ1n) is 5.16. The predicted molar refractivity (Wildman–Crippen MR) is 68.6 cm³/mol. The summed E-state index contributed by atoms with van der Waals surface area (Å²) in [6, 6.07) is 7.20. The van der Waals surface area contributed by atoms with Gasteiger partial charge in [-0.2, -0.15) is 5.26 Å². The summed E-state index contributed by atoms with van der Waals surface area (Å²) in [6.07, 6.45) is 0. The van der Waals surface area contributed by atoms with Crippen molar-refractivity contribution >= 4 is 20.0 Å². The van der Waals surface area contributed by atoms with Crippen molar-refractivity contribution in [2.24, 2.45) is 5.14 Å². The number of nitrogens with zero attached hydrogens (tertiary/aromatic N) is 1. The van der Waals surface area contributed by atoms with Gasteiger partial charge in [0, 0.05) is 6.54 Å². The number of benzene rings is 1. The highest BCUT2D eigenvalue weighted by molar-refractivity contribution is 7.90. The van der Waals surface area contributed by atoms with Gasteiger partial charge < -0.3 is 0 Å². The van der Waals surface area contributed by atoms with Crippen LogP contribution in [0.4, 0.5) is 0 Å². The van der Waals surface area contributed by atoms with E-state index < -0.39 is 25.3 Å². The van der Waals surface area contributed by atoms with Gasteiger partial charge in [0.05, 0.1) is 11.0 Å². The van der Waals surface area contributed by atoms with Gasteiger partial charge in [-0.3, -0.25) is 0 Å². The Bertz CT molecular complexity index is 705. The maximum Gasteiger partial charge on any atom is 0.238 e.